The zero-order valence-corrected chi connectivity index (χ0v) is 10.9. The molecule has 1 fully saturated rings. The van der Waals surface area contributed by atoms with E-state index in [1.54, 1.807) is 24.3 Å². The minimum atomic E-state index is -1.24. The number of imide groups is 1. The Kier molecular flexibility index (Phi) is 3.88. The lowest BCUT2D eigenvalue weighted by Gasteiger charge is -2.17. The summed E-state index contributed by atoms with van der Waals surface area (Å²) in [6.45, 7) is -0.0614. The number of hydrogen-bond acceptors (Lipinski definition) is 4. The van der Waals surface area contributed by atoms with Gasteiger partial charge in [-0.05, 0) is 5.56 Å². The molecule has 1 aliphatic rings. The number of ether oxygens (including phenoxy) is 1. The van der Waals surface area contributed by atoms with Crippen LogP contribution in [-0.4, -0.2) is 52.6 Å². The van der Waals surface area contributed by atoms with Crippen LogP contribution in [0.2, 0.25) is 0 Å². The van der Waals surface area contributed by atoms with Crippen molar-refractivity contribution in [2.24, 2.45) is 0 Å². The molecular weight excluding hydrogens is 264 g/mol. The van der Waals surface area contributed by atoms with Crippen LogP contribution in [0.3, 0.4) is 0 Å². The second-order valence-electron chi connectivity index (χ2n) is 4.43. The maximum absolute atomic E-state index is 11.9. The lowest BCUT2D eigenvalue weighted by Crippen LogP contribution is -2.44. The van der Waals surface area contributed by atoms with E-state index in [4.69, 9.17) is 9.84 Å². The van der Waals surface area contributed by atoms with E-state index in [2.05, 4.69) is 0 Å². The molecule has 1 aromatic rings. The van der Waals surface area contributed by atoms with Crippen molar-refractivity contribution in [2.75, 3.05) is 13.6 Å². The monoisotopic (exact) mass is 278 g/mol. The summed E-state index contributed by atoms with van der Waals surface area (Å²) < 4.78 is 4.99. The van der Waals surface area contributed by atoms with E-state index in [0.29, 0.717) is 4.90 Å². The van der Waals surface area contributed by atoms with Gasteiger partial charge in [-0.15, -0.1) is 0 Å². The van der Waals surface area contributed by atoms with Crippen LogP contribution in [0.1, 0.15) is 5.56 Å². The van der Waals surface area contributed by atoms with Gasteiger partial charge in [0.25, 0.3) is 0 Å². The Morgan fingerprint density at radius 2 is 2.00 bits per heavy atom. The highest BCUT2D eigenvalue weighted by atomic mass is 16.6. The van der Waals surface area contributed by atoms with Gasteiger partial charge in [-0.1, -0.05) is 30.3 Å². The first-order valence-electron chi connectivity index (χ1n) is 5.98. The molecule has 1 aromatic carbocycles. The molecule has 1 N–H and O–H groups in total. The fraction of sp³-hybridized carbons (Fsp3) is 0.308. The van der Waals surface area contributed by atoms with Gasteiger partial charge in [0.05, 0.1) is 6.54 Å². The van der Waals surface area contributed by atoms with Crippen LogP contribution in [-0.2, 0) is 16.1 Å². The van der Waals surface area contributed by atoms with Crippen molar-refractivity contribution in [3.63, 3.8) is 0 Å². The smallest absolute Gasteiger partial charge is 0.419 e. The van der Waals surface area contributed by atoms with Gasteiger partial charge in [-0.3, -0.25) is 0 Å². The summed E-state index contributed by atoms with van der Waals surface area (Å²) in [5, 5.41) is 9.03. The molecule has 0 spiro atoms. The number of carbonyl (C=O) groups is 3. The molecule has 0 bridgehead atoms. The highest BCUT2D eigenvalue weighted by Crippen LogP contribution is 2.16. The molecular formula is C13H14N2O5. The number of aliphatic carboxylic acids is 1. The molecule has 7 heteroatoms. The molecule has 20 heavy (non-hydrogen) atoms. The minimum absolute atomic E-state index is 0.0144. The number of carboxylic acid groups (broad SMARTS) is 1. The summed E-state index contributed by atoms with van der Waals surface area (Å²) in [5.41, 5.74) is 0.757. The second kappa shape index (κ2) is 5.60. The summed E-state index contributed by atoms with van der Waals surface area (Å²) in [6.07, 6.45) is -0.949. The van der Waals surface area contributed by atoms with E-state index in [1.807, 2.05) is 6.07 Å². The Morgan fingerprint density at radius 3 is 2.60 bits per heavy atom. The molecule has 1 saturated heterocycles. The van der Waals surface area contributed by atoms with Crippen LogP contribution < -0.4 is 0 Å². The number of urea groups is 1. The van der Waals surface area contributed by atoms with E-state index < -0.39 is 24.1 Å². The fourth-order valence-electron chi connectivity index (χ4n) is 1.92. The zero-order chi connectivity index (χ0) is 14.7. The third-order valence-electron chi connectivity index (χ3n) is 2.98. The summed E-state index contributed by atoms with van der Waals surface area (Å²) >= 11 is 0. The quantitative estimate of drug-likeness (QED) is 0.896. The van der Waals surface area contributed by atoms with Crippen molar-refractivity contribution < 1.29 is 24.2 Å². The van der Waals surface area contributed by atoms with Crippen LogP contribution in [0.25, 0.3) is 0 Å². The average Bonchev–Trinajstić information content (AvgIpc) is 2.74. The molecule has 0 radical (unpaired) electrons. The maximum Gasteiger partial charge on any atom is 0.419 e. The van der Waals surface area contributed by atoms with Gasteiger partial charge in [0.2, 0.25) is 0 Å². The van der Waals surface area contributed by atoms with E-state index >= 15 is 0 Å². The Balaban J connectivity index is 2.03. The van der Waals surface area contributed by atoms with Gasteiger partial charge in [0.1, 0.15) is 6.61 Å². The Morgan fingerprint density at radius 1 is 1.35 bits per heavy atom. The minimum Gasteiger partial charge on any atom is -0.480 e. The number of likely N-dealkylation sites (N-methyl/N-ethyl adjacent to an activating group) is 1. The summed E-state index contributed by atoms with van der Waals surface area (Å²) in [7, 11) is 1.43. The third-order valence-corrected chi connectivity index (χ3v) is 2.98. The topological polar surface area (TPSA) is 87.2 Å². The van der Waals surface area contributed by atoms with Crippen LogP contribution in [0.5, 0.6) is 0 Å². The summed E-state index contributed by atoms with van der Waals surface area (Å²) in [4.78, 5) is 36.5. The van der Waals surface area contributed by atoms with Gasteiger partial charge < -0.3 is 14.7 Å². The van der Waals surface area contributed by atoms with Crippen molar-refractivity contribution in [1.29, 1.82) is 0 Å². The van der Waals surface area contributed by atoms with Crippen molar-refractivity contribution >= 4 is 18.1 Å². The van der Waals surface area contributed by atoms with E-state index in [-0.39, 0.29) is 13.2 Å². The number of carboxylic acids is 1. The second-order valence-corrected chi connectivity index (χ2v) is 4.43. The predicted molar refractivity (Wildman–Crippen MR) is 67.9 cm³/mol. The highest BCUT2D eigenvalue weighted by molar-refractivity contribution is 5.98. The maximum atomic E-state index is 11.9. The number of benzene rings is 1. The largest absolute Gasteiger partial charge is 0.480 e. The first kappa shape index (κ1) is 13.9. The molecule has 1 aliphatic heterocycles. The van der Waals surface area contributed by atoms with Gasteiger partial charge in [0.15, 0.2) is 6.04 Å². The van der Waals surface area contributed by atoms with Crippen molar-refractivity contribution in [2.45, 2.75) is 12.6 Å². The number of amides is 3. The zero-order valence-electron chi connectivity index (χ0n) is 10.9. The van der Waals surface area contributed by atoms with E-state index in [9.17, 15) is 14.4 Å². The fourth-order valence-corrected chi connectivity index (χ4v) is 1.92. The third kappa shape index (κ3) is 2.71. The van der Waals surface area contributed by atoms with Crippen LogP contribution in [0.15, 0.2) is 30.3 Å². The molecule has 0 aromatic heterocycles. The van der Waals surface area contributed by atoms with Crippen LogP contribution >= 0.6 is 0 Å². The first-order valence-corrected chi connectivity index (χ1v) is 5.98. The predicted octanol–water partition coefficient (Wildman–Crippen LogP) is 1.14. The van der Waals surface area contributed by atoms with Gasteiger partial charge >= 0.3 is 18.1 Å². The molecule has 1 heterocycles. The molecule has 1 atom stereocenters. The Hall–Kier alpha value is -2.57. The van der Waals surface area contributed by atoms with Crippen molar-refractivity contribution in [1.82, 2.24) is 9.80 Å². The molecule has 3 amide bonds. The van der Waals surface area contributed by atoms with E-state index in [0.717, 1.165) is 5.56 Å². The molecule has 7 nitrogen and oxygen atoms in total. The normalized spacial score (nSPS) is 18.2. The van der Waals surface area contributed by atoms with Crippen molar-refractivity contribution in [3.8, 4) is 0 Å². The van der Waals surface area contributed by atoms with E-state index in [1.165, 1.54) is 11.9 Å². The lowest BCUT2D eigenvalue weighted by molar-refractivity contribution is -0.140. The molecule has 2 rings (SSSR count). The number of nitrogens with zero attached hydrogens (tertiary/aromatic N) is 2. The van der Waals surface area contributed by atoms with Crippen LogP contribution in [0.4, 0.5) is 9.59 Å². The highest BCUT2D eigenvalue weighted by Gasteiger charge is 2.44. The molecule has 0 aliphatic carbocycles. The van der Waals surface area contributed by atoms with Gasteiger partial charge in [0, 0.05) is 7.05 Å². The van der Waals surface area contributed by atoms with Crippen LogP contribution in [0, 0.1) is 0 Å². The van der Waals surface area contributed by atoms with Crippen molar-refractivity contribution in [3.05, 3.63) is 35.9 Å². The number of carbonyl (C=O) groups excluding carboxylic acids is 2. The molecule has 0 unspecified atom stereocenters. The number of hydrogen-bond donors (Lipinski definition) is 1. The first-order chi connectivity index (χ1) is 9.50. The SMILES string of the molecule is CN1C[C@@H](C(=O)O)N(C(=O)OCc2ccccc2)C1=O. The standard InChI is InChI=1S/C13H14N2O5/c1-14-7-10(11(16)17)15(12(14)18)13(19)20-8-9-5-3-2-4-6-9/h2-6,10H,7-8H2,1H3,(H,16,17)/t10-/m0/s1. The van der Waals surface area contributed by atoms with Gasteiger partial charge in [-0.25, -0.2) is 19.3 Å². The summed E-state index contributed by atoms with van der Waals surface area (Å²) in [6, 6.07) is 7.05. The Bertz CT molecular complexity index is 531. The number of rotatable bonds is 3. The van der Waals surface area contributed by atoms with Gasteiger partial charge in [-0.2, -0.15) is 0 Å². The molecule has 0 saturated carbocycles. The summed E-state index contributed by atoms with van der Waals surface area (Å²) in [5.74, 6) is -1.24. The Labute approximate surface area is 115 Å². The molecule has 106 valence electrons. The lowest BCUT2D eigenvalue weighted by atomic mass is 10.2. The average molecular weight is 278 g/mol.